The number of hydrogen-bond acceptors (Lipinski definition) is 4. The summed E-state index contributed by atoms with van der Waals surface area (Å²) >= 11 is 13.3. The van der Waals surface area contributed by atoms with Gasteiger partial charge in [0, 0.05) is 24.1 Å². The molecule has 0 bridgehead atoms. The summed E-state index contributed by atoms with van der Waals surface area (Å²) in [6.07, 6.45) is 0. The Hall–Kier alpha value is -2.87. The number of fused-ring (bicyclic) bond motifs is 1. The van der Waals surface area contributed by atoms with Crippen LogP contribution in [0.4, 0.5) is 0 Å². The molecule has 0 aliphatic rings. The van der Waals surface area contributed by atoms with E-state index in [0.717, 1.165) is 21.5 Å². The smallest absolute Gasteiger partial charge is 0.337 e. The molecular weight excluding hydrogens is 469 g/mol. The van der Waals surface area contributed by atoms with Crippen molar-refractivity contribution < 1.29 is 4.79 Å². The average molecular weight is 488 g/mol. The zero-order valence-corrected chi connectivity index (χ0v) is 19.9. The number of thiophene rings is 1. The van der Waals surface area contributed by atoms with E-state index in [1.165, 1.54) is 9.47 Å². The van der Waals surface area contributed by atoms with Gasteiger partial charge in [-0.15, -0.1) is 11.3 Å². The highest BCUT2D eigenvalue weighted by Gasteiger charge is 2.24. The first-order valence-corrected chi connectivity index (χ1v) is 11.3. The Morgan fingerprint density at radius 3 is 2.34 bits per heavy atom. The molecule has 0 aliphatic heterocycles. The SMILES string of the molecule is Cc1c(C(=O)N(C)C)sc2c1c(=O)n(-c1ccc(Cl)cc1)c(=O)n2Cc1cccc(Cl)c1. The van der Waals surface area contributed by atoms with Gasteiger partial charge in [-0.3, -0.25) is 14.2 Å². The molecule has 6 nitrogen and oxygen atoms in total. The van der Waals surface area contributed by atoms with Gasteiger partial charge in [0.1, 0.15) is 4.83 Å². The number of hydrogen-bond donors (Lipinski definition) is 0. The number of aryl methyl sites for hydroxylation is 1. The maximum Gasteiger partial charge on any atom is 0.337 e. The minimum atomic E-state index is -0.505. The van der Waals surface area contributed by atoms with Gasteiger partial charge in [-0.1, -0.05) is 35.3 Å². The lowest BCUT2D eigenvalue weighted by Gasteiger charge is -2.13. The largest absolute Gasteiger partial charge is 0.344 e. The monoisotopic (exact) mass is 487 g/mol. The molecule has 2 heterocycles. The minimum absolute atomic E-state index is 0.194. The maximum absolute atomic E-state index is 13.6. The highest BCUT2D eigenvalue weighted by atomic mass is 35.5. The van der Waals surface area contributed by atoms with Crippen molar-refractivity contribution in [2.24, 2.45) is 0 Å². The standard InChI is InChI=1S/C23H19Cl2N3O3S/c1-13-18-20(29)28(17-9-7-15(24)8-10-17)23(31)27(12-14-5-4-6-16(25)11-14)22(18)32-19(13)21(30)26(2)3/h4-11H,12H2,1-3H3. The van der Waals surface area contributed by atoms with Crippen LogP contribution in [0.15, 0.2) is 58.1 Å². The minimum Gasteiger partial charge on any atom is -0.344 e. The van der Waals surface area contributed by atoms with Gasteiger partial charge in [-0.25, -0.2) is 9.36 Å². The fourth-order valence-corrected chi connectivity index (χ4v) is 5.18. The summed E-state index contributed by atoms with van der Waals surface area (Å²) in [6.45, 7) is 1.93. The fourth-order valence-electron chi connectivity index (χ4n) is 3.53. The van der Waals surface area contributed by atoms with Crippen LogP contribution in [-0.4, -0.2) is 34.0 Å². The van der Waals surface area contributed by atoms with Crippen molar-refractivity contribution in [3.63, 3.8) is 0 Å². The summed E-state index contributed by atoms with van der Waals surface area (Å²) in [5, 5.41) is 1.38. The molecule has 0 N–H and O–H groups in total. The van der Waals surface area contributed by atoms with Gasteiger partial charge >= 0.3 is 5.69 Å². The number of carbonyl (C=O) groups is 1. The van der Waals surface area contributed by atoms with E-state index in [-0.39, 0.29) is 12.5 Å². The van der Waals surface area contributed by atoms with Gasteiger partial charge in [-0.05, 0) is 54.4 Å². The second-order valence-electron chi connectivity index (χ2n) is 7.55. The summed E-state index contributed by atoms with van der Waals surface area (Å²) in [6, 6.07) is 13.7. The van der Waals surface area contributed by atoms with Crippen LogP contribution in [-0.2, 0) is 6.54 Å². The number of amides is 1. The van der Waals surface area contributed by atoms with Gasteiger partial charge in [-0.2, -0.15) is 0 Å². The van der Waals surface area contributed by atoms with E-state index in [1.54, 1.807) is 63.5 Å². The molecule has 32 heavy (non-hydrogen) atoms. The van der Waals surface area contributed by atoms with Crippen LogP contribution in [0.5, 0.6) is 0 Å². The Labute approximate surface area is 197 Å². The van der Waals surface area contributed by atoms with Crippen LogP contribution in [0.1, 0.15) is 20.8 Å². The summed E-state index contributed by atoms with van der Waals surface area (Å²) in [7, 11) is 3.30. The molecule has 164 valence electrons. The molecule has 1 amide bonds. The number of aromatic nitrogens is 2. The van der Waals surface area contributed by atoms with E-state index in [0.29, 0.717) is 36.4 Å². The molecule has 2 aromatic heterocycles. The number of benzene rings is 2. The van der Waals surface area contributed by atoms with Crippen LogP contribution in [0, 0.1) is 6.92 Å². The van der Waals surface area contributed by atoms with Gasteiger partial charge < -0.3 is 4.90 Å². The van der Waals surface area contributed by atoms with E-state index < -0.39 is 11.2 Å². The second-order valence-corrected chi connectivity index (χ2v) is 9.42. The molecule has 2 aromatic carbocycles. The fraction of sp³-hybridized carbons (Fsp3) is 0.174. The molecular formula is C23H19Cl2N3O3S. The van der Waals surface area contributed by atoms with Crippen LogP contribution in [0.2, 0.25) is 10.0 Å². The normalized spacial score (nSPS) is 11.2. The first-order chi connectivity index (χ1) is 15.2. The molecule has 0 aliphatic carbocycles. The summed E-state index contributed by atoms with van der Waals surface area (Å²) in [4.78, 5) is 42.1. The molecule has 0 atom stereocenters. The number of halogens is 2. The highest BCUT2D eigenvalue weighted by molar-refractivity contribution is 7.20. The van der Waals surface area contributed by atoms with Crippen molar-refractivity contribution in [2.45, 2.75) is 13.5 Å². The molecule has 0 saturated heterocycles. The molecule has 0 radical (unpaired) electrons. The lowest BCUT2D eigenvalue weighted by molar-refractivity contribution is 0.0831. The first kappa shape index (κ1) is 22.3. The van der Waals surface area contributed by atoms with Crippen molar-refractivity contribution in [3.05, 3.63) is 95.4 Å². The predicted molar refractivity (Wildman–Crippen MR) is 130 cm³/mol. The topological polar surface area (TPSA) is 64.3 Å². The zero-order valence-electron chi connectivity index (χ0n) is 17.6. The Kier molecular flexibility index (Phi) is 5.99. The summed E-state index contributed by atoms with van der Waals surface area (Å²) in [5.41, 5.74) is 0.776. The zero-order chi connectivity index (χ0) is 23.2. The Balaban J connectivity index is 2.08. The van der Waals surface area contributed by atoms with Crippen LogP contribution in [0.25, 0.3) is 15.9 Å². The van der Waals surface area contributed by atoms with E-state index in [4.69, 9.17) is 23.2 Å². The van der Waals surface area contributed by atoms with E-state index in [2.05, 4.69) is 0 Å². The second kappa shape index (κ2) is 8.58. The Bertz CT molecular complexity index is 1470. The predicted octanol–water partition coefficient (Wildman–Crippen LogP) is 4.58. The molecule has 9 heteroatoms. The van der Waals surface area contributed by atoms with Gasteiger partial charge in [0.25, 0.3) is 11.5 Å². The van der Waals surface area contributed by atoms with Crippen LogP contribution < -0.4 is 11.2 Å². The lowest BCUT2D eigenvalue weighted by Crippen LogP contribution is -2.38. The molecule has 0 spiro atoms. The van der Waals surface area contributed by atoms with E-state index in [9.17, 15) is 14.4 Å². The van der Waals surface area contributed by atoms with Gasteiger partial charge in [0.05, 0.1) is 22.5 Å². The first-order valence-electron chi connectivity index (χ1n) is 9.70. The Morgan fingerprint density at radius 2 is 1.72 bits per heavy atom. The highest BCUT2D eigenvalue weighted by Crippen LogP contribution is 2.29. The molecule has 4 aromatic rings. The maximum atomic E-state index is 13.6. The molecule has 4 rings (SSSR count). The molecule has 0 saturated carbocycles. The number of carbonyl (C=O) groups excluding carboxylic acids is 1. The number of nitrogens with zero attached hydrogens (tertiary/aromatic N) is 3. The van der Waals surface area contributed by atoms with Crippen molar-refractivity contribution >= 4 is 50.7 Å². The van der Waals surface area contributed by atoms with Gasteiger partial charge in [0.2, 0.25) is 0 Å². The van der Waals surface area contributed by atoms with E-state index >= 15 is 0 Å². The molecule has 0 unspecified atom stereocenters. The van der Waals surface area contributed by atoms with Crippen molar-refractivity contribution in [1.82, 2.24) is 14.0 Å². The van der Waals surface area contributed by atoms with Crippen molar-refractivity contribution in [3.8, 4) is 5.69 Å². The van der Waals surface area contributed by atoms with Crippen molar-refractivity contribution in [1.29, 1.82) is 0 Å². The van der Waals surface area contributed by atoms with Crippen molar-refractivity contribution in [2.75, 3.05) is 14.1 Å². The van der Waals surface area contributed by atoms with Crippen LogP contribution >= 0.6 is 34.5 Å². The van der Waals surface area contributed by atoms with Crippen LogP contribution in [0.3, 0.4) is 0 Å². The summed E-state index contributed by atoms with van der Waals surface area (Å²) < 4.78 is 2.63. The summed E-state index contributed by atoms with van der Waals surface area (Å²) in [5.74, 6) is -0.220. The van der Waals surface area contributed by atoms with E-state index in [1.807, 2.05) is 6.07 Å². The van der Waals surface area contributed by atoms with Gasteiger partial charge in [0.15, 0.2) is 0 Å². The lowest BCUT2D eigenvalue weighted by atomic mass is 10.2. The third-order valence-electron chi connectivity index (χ3n) is 5.13. The Morgan fingerprint density at radius 1 is 1.03 bits per heavy atom. The quantitative estimate of drug-likeness (QED) is 0.423. The molecule has 0 fully saturated rings. The third kappa shape index (κ3) is 3.88. The third-order valence-corrected chi connectivity index (χ3v) is 6.92. The average Bonchev–Trinajstić information content (AvgIpc) is 3.09. The number of rotatable bonds is 4.